The summed E-state index contributed by atoms with van der Waals surface area (Å²) in [5, 5.41) is 0. The number of ether oxygens (including phenoxy) is 1. The van der Waals surface area contributed by atoms with Crippen molar-refractivity contribution in [3.8, 4) is 5.75 Å². The summed E-state index contributed by atoms with van der Waals surface area (Å²) in [5.74, 6) is -3.10. The van der Waals surface area contributed by atoms with E-state index in [4.69, 9.17) is 8.92 Å². The number of carbonyl (C=O) groups excluding carboxylic acids is 1. The first kappa shape index (κ1) is 16.9. The molecule has 0 spiro atoms. The molecule has 122 valence electrons. The van der Waals surface area contributed by atoms with Crippen molar-refractivity contribution in [3.63, 3.8) is 0 Å². The summed E-state index contributed by atoms with van der Waals surface area (Å²) in [6, 6.07) is 7.27. The minimum Gasteiger partial charge on any atom is -0.462 e. The Kier molecular flexibility index (Phi) is 4.95. The molecule has 0 heterocycles. The van der Waals surface area contributed by atoms with E-state index in [9.17, 15) is 22.0 Å². The summed E-state index contributed by atoms with van der Waals surface area (Å²) < 4.78 is 59.5. The predicted molar refractivity (Wildman–Crippen MR) is 76.6 cm³/mol. The lowest BCUT2D eigenvalue weighted by atomic mass is 10.2. The van der Waals surface area contributed by atoms with Gasteiger partial charge in [0.05, 0.1) is 12.2 Å². The first-order valence-corrected chi connectivity index (χ1v) is 7.91. The fourth-order valence-electron chi connectivity index (χ4n) is 1.67. The van der Waals surface area contributed by atoms with E-state index in [0.717, 1.165) is 6.07 Å². The molecule has 0 aliphatic carbocycles. The number of esters is 1. The van der Waals surface area contributed by atoms with E-state index in [1.165, 1.54) is 24.3 Å². The Morgan fingerprint density at radius 1 is 1.04 bits per heavy atom. The SMILES string of the molecule is CCOC(=O)c1ccc(OS(=O)(=O)c2ccc(F)c(F)c2)cc1. The molecule has 0 fully saturated rings. The second-order valence-electron chi connectivity index (χ2n) is 4.36. The second-order valence-corrected chi connectivity index (χ2v) is 5.90. The third-order valence-electron chi connectivity index (χ3n) is 2.75. The lowest BCUT2D eigenvalue weighted by molar-refractivity contribution is 0.0526. The van der Waals surface area contributed by atoms with Crippen LogP contribution in [0.25, 0.3) is 0 Å². The molecule has 0 atom stereocenters. The minimum atomic E-state index is -4.32. The quantitative estimate of drug-likeness (QED) is 0.617. The van der Waals surface area contributed by atoms with Gasteiger partial charge in [0.15, 0.2) is 11.6 Å². The summed E-state index contributed by atoms with van der Waals surface area (Å²) in [4.78, 5) is 11.0. The molecule has 0 unspecified atom stereocenters. The van der Waals surface area contributed by atoms with Gasteiger partial charge in [-0.25, -0.2) is 13.6 Å². The average molecular weight is 342 g/mol. The van der Waals surface area contributed by atoms with Crippen molar-refractivity contribution >= 4 is 16.1 Å². The average Bonchev–Trinajstić information content (AvgIpc) is 2.50. The molecule has 0 saturated carbocycles. The van der Waals surface area contributed by atoms with Gasteiger partial charge in [-0.15, -0.1) is 0 Å². The fraction of sp³-hybridized carbons (Fsp3) is 0.133. The monoisotopic (exact) mass is 342 g/mol. The smallest absolute Gasteiger partial charge is 0.339 e. The van der Waals surface area contributed by atoms with Gasteiger partial charge in [0, 0.05) is 0 Å². The third-order valence-corrected chi connectivity index (χ3v) is 3.99. The highest BCUT2D eigenvalue weighted by Gasteiger charge is 2.19. The van der Waals surface area contributed by atoms with Crippen LogP contribution >= 0.6 is 0 Å². The third kappa shape index (κ3) is 4.04. The Labute approximate surface area is 131 Å². The summed E-state index contributed by atoms with van der Waals surface area (Å²) in [7, 11) is -4.32. The zero-order valence-electron chi connectivity index (χ0n) is 12.0. The molecule has 8 heteroatoms. The van der Waals surface area contributed by atoms with Crippen LogP contribution in [0.5, 0.6) is 5.75 Å². The van der Waals surface area contributed by atoms with Crippen LogP contribution in [0.15, 0.2) is 47.4 Å². The Balaban J connectivity index is 2.20. The van der Waals surface area contributed by atoms with Gasteiger partial charge in [0.25, 0.3) is 0 Å². The second kappa shape index (κ2) is 6.74. The molecule has 2 rings (SSSR count). The molecule has 0 aromatic heterocycles. The molecule has 0 radical (unpaired) electrons. The maximum Gasteiger partial charge on any atom is 0.339 e. The van der Waals surface area contributed by atoms with Gasteiger partial charge in [-0.05, 0) is 49.4 Å². The highest BCUT2D eigenvalue weighted by molar-refractivity contribution is 7.87. The van der Waals surface area contributed by atoms with Gasteiger partial charge in [0.1, 0.15) is 10.6 Å². The van der Waals surface area contributed by atoms with Crippen molar-refractivity contribution in [3.05, 3.63) is 59.7 Å². The van der Waals surface area contributed by atoms with Crippen LogP contribution in [-0.4, -0.2) is 21.0 Å². The van der Waals surface area contributed by atoms with Crippen LogP contribution in [0.2, 0.25) is 0 Å². The number of benzene rings is 2. The Morgan fingerprint density at radius 2 is 1.70 bits per heavy atom. The van der Waals surface area contributed by atoms with Crippen molar-refractivity contribution in [1.29, 1.82) is 0 Å². The maximum atomic E-state index is 13.1. The highest BCUT2D eigenvalue weighted by atomic mass is 32.2. The molecule has 0 saturated heterocycles. The van der Waals surface area contributed by atoms with Crippen molar-refractivity contribution < 1.29 is 30.9 Å². The molecule has 0 aliphatic rings. The van der Waals surface area contributed by atoms with Crippen LogP contribution in [0, 0.1) is 11.6 Å². The number of hydrogen-bond donors (Lipinski definition) is 0. The van der Waals surface area contributed by atoms with E-state index in [1.807, 2.05) is 0 Å². The largest absolute Gasteiger partial charge is 0.462 e. The molecule has 2 aromatic rings. The molecule has 2 aromatic carbocycles. The maximum absolute atomic E-state index is 13.1. The molecule has 0 bridgehead atoms. The van der Waals surface area contributed by atoms with Gasteiger partial charge in [-0.2, -0.15) is 8.42 Å². The Morgan fingerprint density at radius 3 is 2.26 bits per heavy atom. The van der Waals surface area contributed by atoms with E-state index in [-0.39, 0.29) is 17.9 Å². The van der Waals surface area contributed by atoms with E-state index in [2.05, 4.69) is 0 Å². The van der Waals surface area contributed by atoms with Crippen LogP contribution in [0.1, 0.15) is 17.3 Å². The van der Waals surface area contributed by atoms with Gasteiger partial charge in [-0.1, -0.05) is 0 Å². The minimum absolute atomic E-state index is 0.0808. The molecule has 0 aliphatic heterocycles. The van der Waals surface area contributed by atoms with Crippen molar-refractivity contribution in [1.82, 2.24) is 0 Å². The van der Waals surface area contributed by atoms with Gasteiger partial charge in [0.2, 0.25) is 0 Å². The summed E-state index contributed by atoms with van der Waals surface area (Å²) in [5.41, 5.74) is 0.226. The summed E-state index contributed by atoms with van der Waals surface area (Å²) in [6.45, 7) is 1.87. The van der Waals surface area contributed by atoms with E-state index < -0.39 is 32.6 Å². The zero-order valence-corrected chi connectivity index (χ0v) is 12.8. The molecular weight excluding hydrogens is 330 g/mol. The van der Waals surface area contributed by atoms with Crippen LogP contribution in [0.3, 0.4) is 0 Å². The molecule has 23 heavy (non-hydrogen) atoms. The molecule has 0 amide bonds. The number of carbonyl (C=O) groups is 1. The van der Waals surface area contributed by atoms with Crippen LogP contribution in [-0.2, 0) is 14.9 Å². The molecule has 0 N–H and O–H groups in total. The summed E-state index contributed by atoms with van der Waals surface area (Å²) in [6.07, 6.45) is 0. The lowest BCUT2D eigenvalue weighted by Gasteiger charge is -2.08. The normalized spacial score (nSPS) is 11.1. The number of hydrogen-bond acceptors (Lipinski definition) is 5. The molecule has 5 nitrogen and oxygen atoms in total. The fourth-order valence-corrected chi connectivity index (χ4v) is 2.61. The van der Waals surface area contributed by atoms with E-state index in [1.54, 1.807) is 6.92 Å². The Bertz CT molecular complexity index is 816. The van der Waals surface area contributed by atoms with Crippen LogP contribution < -0.4 is 4.18 Å². The van der Waals surface area contributed by atoms with Crippen LogP contribution in [0.4, 0.5) is 8.78 Å². The first-order chi connectivity index (χ1) is 10.8. The lowest BCUT2D eigenvalue weighted by Crippen LogP contribution is -2.11. The van der Waals surface area contributed by atoms with E-state index >= 15 is 0 Å². The van der Waals surface area contributed by atoms with E-state index in [0.29, 0.717) is 12.1 Å². The van der Waals surface area contributed by atoms with Gasteiger partial charge < -0.3 is 8.92 Å². The topological polar surface area (TPSA) is 69.7 Å². The van der Waals surface area contributed by atoms with Gasteiger partial charge in [-0.3, -0.25) is 0 Å². The number of halogens is 2. The highest BCUT2D eigenvalue weighted by Crippen LogP contribution is 2.21. The van der Waals surface area contributed by atoms with Crippen molar-refractivity contribution in [2.45, 2.75) is 11.8 Å². The Hall–Kier alpha value is -2.48. The summed E-state index contributed by atoms with van der Waals surface area (Å²) >= 11 is 0. The van der Waals surface area contributed by atoms with Crippen molar-refractivity contribution in [2.24, 2.45) is 0 Å². The predicted octanol–water partition coefficient (Wildman–Crippen LogP) is 2.91. The first-order valence-electron chi connectivity index (χ1n) is 6.50. The molecular formula is C15H12F2O5S. The van der Waals surface area contributed by atoms with Crippen molar-refractivity contribution in [2.75, 3.05) is 6.61 Å². The standard InChI is InChI=1S/C15H12F2O5S/c1-2-21-15(18)10-3-5-11(6-4-10)22-23(19,20)12-7-8-13(16)14(17)9-12/h3-9H,2H2,1H3. The number of rotatable bonds is 5. The van der Waals surface area contributed by atoms with Gasteiger partial charge >= 0.3 is 16.1 Å². The zero-order chi connectivity index (χ0) is 17.0.